The minimum atomic E-state index is 0.122. The predicted molar refractivity (Wildman–Crippen MR) is 54.3 cm³/mol. The van der Waals surface area contributed by atoms with Crippen molar-refractivity contribution in [3.05, 3.63) is 21.9 Å². The van der Waals surface area contributed by atoms with Gasteiger partial charge >= 0.3 is 0 Å². The minimum absolute atomic E-state index is 0.122. The van der Waals surface area contributed by atoms with Gasteiger partial charge in [-0.1, -0.05) is 0 Å². The SMILES string of the molecule is CN(C)C(=O)c1ccc(C2CC2)s1. The van der Waals surface area contributed by atoms with Crippen LogP contribution in [0.2, 0.25) is 0 Å². The van der Waals surface area contributed by atoms with Crippen molar-refractivity contribution in [3.63, 3.8) is 0 Å². The smallest absolute Gasteiger partial charge is 0.263 e. The fourth-order valence-corrected chi connectivity index (χ4v) is 2.47. The molecule has 1 aliphatic rings. The quantitative estimate of drug-likeness (QED) is 0.709. The normalized spacial score (nSPS) is 15.8. The molecule has 13 heavy (non-hydrogen) atoms. The molecule has 1 aliphatic carbocycles. The Hall–Kier alpha value is -0.830. The number of hydrogen-bond acceptors (Lipinski definition) is 2. The van der Waals surface area contributed by atoms with Crippen LogP contribution in [0.4, 0.5) is 0 Å². The molecule has 3 heteroatoms. The molecule has 0 radical (unpaired) electrons. The summed E-state index contributed by atoms with van der Waals surface area (Å²) in [6.45, 7) is 0. The molecule has 0 aromatic carbocycles. The maximum atomic E-state index is 11.5. The molecule has 2 nitrogen and oxygen atoms in total. The Morgan fingerprint density at radius 1 is 1.46 bits per heavy atom. The molecule has 70 valence electrons. The summed E-state index contributed by atoms with van der Waals surface area (Å²) in [6.07, 6.45) is 2.60. The first kappa shape index (κ1) is 8.75. The van der Waals surface area contributed by atoms with E-state index in [9.17, 15) is 4.79 Å². The number of hydrogen-bond donors (Lipinski definition) is 0. The summed E-state index contributed by atoms with van der Waals surface area (Å²) in [5.74, 6) is 0.880. The third-order valence-electron chi connectivity index (χ3n) is 2.22. The fourth-order valence-electron chi connectivity index (χ4n) is 1.28. The molecule has 1 aromatic rings. The van der Waals surface area contributed by atoms with E-state index in [1.54, 1.807) is 30.3 Å². The standard InChI is InChI=1S/C10H13NOS/c1-11(2)10(12)9-6-5-8(13-9)7-3-4-7/h5-7H,3-4H2,1-2H3. The van der Waals surface area contributed by atoms with Crippen molar-refractivity contribution >= 4 is 17.2 Å². The first-order valence-electron chi connectivity index (χ1n) is 4.50. The fraction of sp³-hybridized carbons (Fsp3) is 0.500. The highest BCUT2D eigenvalue weighted by molar-refractivity contribution is 7.14. The van der Waals surface area contributed by atoms with Gasteiger partial charge in [0.2, 0.25) is 0 Å². The number of rotatable bonds is 2. The van der Waals surface area contributed by atoms with Crippen LogP contribution in [0.1, 0.15) is 33.3 Å². The van der Waals surface area contributed by atoms with Crippen molar-refractivity contribution in [2.75, 3.05) is 14.1 Å². The predicted octanol–water partition coefficient (Wildman–Crippen LogP) is 2.33. The topological polar surface area (TPSA) is 20.3 Å². The van der Waals surface area contributed by atoms with Crippen LogP contribution < -0.4 is 0 Å². The van der Waals surface area contributed by atoms with Crippen LogP contribution in [-0.4, -0.2) is 24.9 Å². The lowest BCUT2D eigenvalue weighted by atomic mass is 10.3. The van der Waals surface area contributed by atoms with E-state index in [1.807, 2.05) is 6.07 Å². The second kappa shape index (κ2) is 3.14. The van der Waals surface area contributed by atoms with E-state index in [0.717, 1.165) is 10.8 Å². The molecular weight excluding hydrogens is 182 g/mol. The summed E-state index contributed by atoms with van der Waals surface area (Å²) in [5.41, 5.74) is 0. The van der Waals surface area contributed by atoms with Crippen LogP contribution in [0, 0.1) is 0 Å². The molecular formula is C10H13NOS. The zero-order valence-electron chi connectivity index (χ0n) is 7.91. The van der Waals surface area contributed by atoms with Gasteiger partial charge in [-0.25, -0.2) is 0 Å². The summed E-state index contributed by atoms with van der Waals surface area (Å²) in [7, 11) is 3.58. The molecule has 1 fully saturated rings. The molecule has 1 heterocycles. The number of thiophene rings is 1. The largest absolute Gasteiger partial charge is 0.344 e. The molecule has 2 rings (SSSR count). The van der Waals surface area contributed by atoms with Crippen LogP contribution in [0.5, 0.6) is 0 Å². The Balaban J connectivity index is 2.16. The third-order valence-corrected chi connectivity index (χ3v) is 3.46. The molecule has 0 bridgehead atoms. The average Bonchev–Trinajstić information content (AvgIpc) is 2.83. The molecule has 0 atom stereocenters. The number of amides is 1. The Kier molecular flexibility index (Phi) is 2.12. The second-order valence-electron chi connectivity index (χ2n) is 3.68. The van der Waals surface area contributed by atoms with Crippen molar-refractivity contribution in [2.24, 2.45) is 0 Å². The average molecular weight is 195 g/mol. The summed E-state index contributed by atoms with van der Waals surface area (Å²) >= 11 is 1.65. The molecule has 0 N–H and O–H groups in total. The second-order valence-corrected chi connectivity index (χ2v) is 4.79. The van der Waals surface area contributed by atoms with Gasteiger partial charge in [0, 0.05) is 19.0 Å². The Morgan fingerprint density at radius 3 is 2.69 bits per heavy atom. The maximum absolute atomic E-state index is 11.5. The monoisotopic (exact) mass is 195 g/mol. The van der Waals surface area contributed by atoms with Crippen molar-refractivity contribution in [3.8, 4) is 0 Å². The van der Waals surface area contributed by atoms with Crippen molar-refractivity contribution < 1.29 is 4.79 Å². The van der Waals surface area contributed by atoms with Crippen LogP contribution >= 0.6 is 11.3 Å². The molecule has 0 aliphatic heterocycles. The molecule has 1 saturated carbocycles. The molecule has 1 amide bonds. The van der Waals surface area contributed by atoms with E-state index < -0.39 is 0 Å². The first-order chi connectivity index (χ1) is 6.18. The van der Waals surface area contributed by atoms with Crippen molar-refractivity contribution in [1.82, 2.24) is 4.90 Å². The van der Waals surface area contributed by atoms with E-state index in [-0.39, 0.29) is 5.91 Å². The Labute approximate surface area is 82.2 Å². The van der Waals surface area contributed by atoms with Crippen LogP contribution in [0.25, 0.3) is 0 Å². The van der Waals surface area contributed by atoms with E-state index in [4.69, 9.17) is 0 Å². The van der Waals surface area contributed by atoms with Gasteiger partial charge in [0.1, 0.15) is 0 Å². The highest BCUT2D eigenvalue weighted by Gasteiger charge is 2.26. The van der Waals surface area contributed by atoms with Gasteiger partial charge in [-0.3, -0.25) is 4.79 Å². The van der Waals surface area contributed by atoms with Crippen LogP contribution in [0.3, 0.4) is 0 Å². The van der Waals surface area contributed by atoms with Gasteiger partial charge in [0.05, 0.1) is 4.88 Å². The van der Waals surface area contributed by atoms with Gasteiger partial charge in [-0.2, -0.15) is 0 Å². The number of nitrogens with zero attached hydrogens (tertiary/aromatic N) is 1. The molecule has 1 aromatic heterocycles. The lowest BCUT2D eigenvalue weighted by Gasteiger charge is -2.07. The van der Waals surface area contributed by atoms with Gasteiger partial charge < -0.3 is 4.90 Å². The zero-order valence-corrected chi connectivity index (χ0v) is 8.73. The lowest BCUT2D eigenvalue weighted by molar-refractivity contribution is 0.0832. The Bertz CT molecular complexity index is 325. The van der Waals surface area contributed by atoms with Gasteiger partial charge in [0.25, 0.3) is 5.91 Å². The van der Waals surface area contributed by atoms with E-state index in [1.165, 1.54) is 17.7 Å². The summed E-state index contributed by atoms with van der Waals surface area (Å²) in [4.78, 5) is 15.4. The third kappa shape index (κ3) is 1.75. The molecule has 0 saturated heterocycles. The maximum Gasteiger partial charge on any atom is 0.263 e. The zero-order chi connectivity index (χ0) is 9.42. The highest BCUT2D eigenvalue weighted by Crippen LogP contribution is 2.43. The molecule has 0 unspecified atom stereocenters. The molecule has 0 spiro atoms. The first-order valence-corrected chi connectivity index (χ1v) is 5.31. The summed E-state index contributed by atoms with van der Waals surface area (Å²) < 4.78 is 0. The number of carbonyl (C=O) groups is 1. The van der Waals surface area contributed by atoms with Gasteiger partial charge in [0.15, 0.2) is 0 Å². The van der Waals surface area contributed by atoms with Crippen LogP contribution in [-0.2, 0) is 0 Å². The van der Waals surface area contributed by atoms with Crippen molar-refractivity contribution in [1.29, 1.82) is 0 Å². The van der Waals surface area contributed by atoms with Crippen molar-refractivity contribution in [2.45, 2.75) is 18.8 Å². The number of carbonyl (C=O) groups excluding carboxylic acids is 1. The van der Waals surface area contributed by atoms with E-state index in [0.29, 0.717) is 0 Å². The van der Waals surface area contributed by atoms with E-state index >= 15 is 0 Å². The summed E-state index contributed by atoms with van der Waals surface area (Å²) in [6, 6.07) is 4.04. The van der Waals surface area contributed by atoms with E-state index in [2.05, 4.69) is 6.07 Å². The van der Waals surface area contributed by atoms with Crippen LogP contribution in [0.15, 0.2) is 12.1 Å². The van der Waals surface area contributed by atoms with Gasteiger partial charge in [-0.05, 0) is 30.9 Å². The highest BCUT2D eigenvalue weighted by atomic mass is 32.1. The van der Waals surface area contributed by atoms with Gasteiger partial charge in [-0.15, -0.1) is 11.3 Å². The summed E-state index contributed by atoms with van der Waals surface area (Å²) in [5, 5.41) is 0. The lowest BCUT2D eigenvalue weighted by Crippen LogP contribution is -2.20. The Morgan fingerprint density at radius 2 is 2.15 bits per heavy atom. The minimum Gasteiger partial charge on any atom is -0.344 e.